The molecule has 0 rings (SSSR count). The molecule has 0 saturated heterocycles. The van der Waals surface area contributed by atoms with Crippen LogP contribution in [0.25, 0.3) is 10.4 Å². The Kier molecular flexibility index (Phi) is 6.59. The lowest BCUT2D eigenvalue weighted by Crippen LogP contribution is -2.41. The normalized spacial score (nSPS) is 12.0. The third-order valence-electron chi connectivity index (χ3n) is 1.73. The van der Waals surface area contributed by atoms with Crippen molar-refractivity contribution in [1.29, 1.82) is 0 Å². The second-order valence-corrected chi connectivity index (χ2v) is 4.54. The Hall–Kier alpha value is -1.95. The molecule has 0 heterocycles. The lowest BCUT2D eigenvalue weighted by Gasteiger charge is -2.22. The standard InChI is InChI=1S/C10H18N4O4/c1-10(2,3)18-9(16)13-7(6-12-14-11)5-8(15)17-4/h7H,5-6H2,1-4H3,(H,13,16). The number of carbonyl (C=O) groups excluding carboxylic acids is 2. The van der Waals surface area contributed by atoms with Gasteiger partial charge in [-0.25, -0.2) is 4.79 Å². The van der Waals surface area contributed by atoms with Crippen molar-refractivity contribution in [3.05, 3.63) is 10.4 Å². The summed E-state index contributed by atoms with van der Waals surface area (Å²) in [7, 11) is 1.24. The molecule has 0 bridgehead atoms. The molecule has 102 valence electrons. The molecular formula is C10H18N4O4. The average molecular weight is 258 g/mol. The van der Waals surface area contributed by atoms with Crippen molar-refractivity contribution < 1.29 is 19.1 Å². The first-order valence-electron chi connectivity index (χ1n) is 5.35. The fraction of sp³-hybridized carbons (Fsp3) is 0.800. The van der Waals surface area contributed by atoms with Crippen LogP contribution in [-0.4, -0.2) is 37.4 Å². The molecule has 18 heavy (non-hydrogen) atoms. The van der Waals surface area contributed by atoms with Crippen molar-refractivity contribution in [3.63, 3.8) is 0 Å². The van der Waals surface area contributed by atoms with Crippen molar-refractivity contribution in [2.45, 2.75) is 38.8 Å². The number of rotatable bonds is 5. The number of esters is 1. The Morgan fingerprint density at radius 3 is 2.50 bits per heavy atom. The molecule has 0 aliphatic carbocycles. The summed E-state index contributed by atoms with van der Waals surface area (Å²) < 4.78 is 9.50. The highest BCUT2D eigenvalue weighted by Gasteiger charge is 2.21. The lowest BCUT2D eigenvalue weighted by atomic mass is 10.2. The smallest absolute Gasteiger partial charge is 0.407 e. The summed E-state index contributed by atoms with van der Waals surface area (Å²) in [4.78, 5) is 25.2. The number of nitrogens with zero attached hydrogens (tertiary/aromatic N) is 3. The van der Waals surface area contributed by atoms with Crippen LogP contribution < -0.4 is 5.32 Å². The number of ether oxygens (including phenoxy) is 2. The van der Waals surface area contributed by atoms with E-state index in [1.165, 1.54) is 7.11 Å². The summed E-state index contributed by atoms with van der Waals surface area (Å²) in [5.74, 6) is -0.510. The zero-order chi connectivity index (χ0) is 14.2. The SMILES string of the molecule is COC(=O)CC(CN=[N+]=[N-])NC(=O)OC(C)(C)C. The van der Waals surface area contributed by atoms with E-state index in [1.54, 1.807) is 20.8 Å². The second kappa shape index (κ2) is 7.39. The van der Waals surface area contributed by atoms with Gasteiger partial charge in [-0.15, -0.1) is 0 Å². The largest absolute Gasteiger partial charge is 0.469 e. The molecule has 1 amide bonds. The lowest BCUT2D eigenvalue weighted by molar-refractivity contribution is -0.141. The van der Waals surface area contributed by atoms with Gasteiger partial charge in [0.15, 0.2) is 0 Å². The molecule has 8 nitrogen and oxygen atoms in total. The highest BCUT2D eigenvalue weighted by atomic mass is 16.6. The minimum Gasteiger partial charge on any atom is -0.469 e. The maximum absolute atomic E-state index is 11.5. The van der Waals surface area contributed by atoms with E-state index in [0.717, 1.165) is 0 Å². The van der Waals surface area contributed by atoms with Crippen LogP contribution in [0.2, 0.25) is 0 Å². The predicted octanol–water partition coefficient (Wildman–Crippen LogP) is 1.75. The van der Waals surface area contributed by atoms with Crippen molar-refractivity contribution in [3.8, 4) is 0 Å². The maximum atomic E-state index is 11.5. The van der Waals surface area contributed by atoms with Gasteiger partial charge >= 0.3 is 12.1 Å². The Morgan fingerprint density at radius 2 is 2.06 bits per heavy atom. The summed E-state index contributed by atoms with van der Waals surface area (Å²) >= 11 is 0. The average Bonchev–Trinajstić information content (AvgIpc) is 2.22. The van der Waals surface area contributed by atoms with E-state index in [-0.39, 0.29) is 13.0 Å². The first-order valence-corrected chi connectivity index (χ1v) is 5.35. The molecule has 0 aromatic rings. The number of nitrogens with one attached hydrogen (secondary N) is 1. The van der Waals surface area contributed by atoms with Gasteiger partial charge < -0.3 is 14.8 Å². The van der Waals surface area contributed by atoms with Gasteiger partial charge in [0.1, 0.15) is 5.60 Å². The van der Waals surface area contributed by atoms with Gasteiger partial charge in [-0.05, 0) is 26.3 Å². The summed E-state index contributed by atoms with van der Waals surface area (Å²) in [6, 6.07) is -0.650. The molecule has 0 saturated carbocycles. The Labute approximate surface area is 105 Å². The van der Waals surface area contributed by atoms with E-state index < -0.39 is 23.7 Å². The molecule has 1 atom stereocenters. The van der Waals surface area contributed by atoms with E-state index in [9.17, 15) is 9.59 Å². The van der Waals surface area contributed by atoms with Gasteiger partial charge in [-0.3, -0.25) is 4.79 Å². The number of amides is 1. The van der Waals surface area contributed by atoms with E-state index >= 15 is 0 Å². The van der Waals surface area contributed by atoms with Crippen molar-refractivity contribution >= 4 is 12.1 Å². The number of hydrogen-bond acceptors (Lipinski definition) is 5. The summed E-state index contributed by atoms with van der Waals surface area (Å²) in [6.45, 7) is 5.10. The monoisotopic (exact) mass is 258 g/mol. The fourth-order valence-corrected chi connectivity index (χ4v) is 1.06. The van der Waals surface area contributed by atoms with Crippen LogP contribution in [0.15, 0.2) is 5.11 Å². The first-order chi connectivity index (χ1) is 8.28. The van der Waals surface area contributed by atoms with Crippen LogP contribution in [0, 0.1) is 0 Å². The van der Waals surface area contributed by atoms with Gasteiger partial charge in [-0.1, -0.05) is 5.11 Å². The molecule has 1 unspecified atom stereocenters. The molecule has 8 heteroatoms. The van der Waals surface area contributed by atoms with Crippen molar-refractivity contribution in [2.75, 3.05) is 13.7 Å². The van der Waals surface area contributed by atoms with Crippen molar-refractivity contribution in [2.24, 2.45) is 5.11 Å². The zero-order valence-electron chi connectivity index (χ0n) is 11.0. The molecule has 1 N–H and O–H groups in total. The highest BCUT2D eigenvalue weighted by Crippen LogP contribution is 2.07. The predicted molar refractivity (Wildman–Crippen MR) is 63.8 cm³/mol. The van der Waals surface area contributed by atoms with Crippen molar-refractivity contribution in [1.82, 2.24) is 5.32 Å². The molecule has 0 aliphatic rings. The number of methoxy groups -OCH3 is 1. The van der Waals surface area contributed by atoms with Crippen LogP contribution in [0.3, 0.4) is 0 Å². The Morgan fingerprint density at radius 1 is 1.44 bits per heavy atom. The summed E-state index contributed by atoms with van der Waals surface area (Å²) in [5, 5.41) is 5.76. The van der Waals surface area contributed by atoms with Gasteiger partial charge in [0, 0.05) is 17.5 Å². The van der Waals surface area contributed by atoms with Gasteiger partial charge in [-0.2, -0.15) is 0 Å². The van der Waals surface area contributed by atoms with Crippen LogP contribution in [0.1, 0.15) is 27.2 Å². The third kappa shape index (κ3) is 8.23. The second-order valence-electron chi connectivity index (χ2n) is 4.54. The van der Waals surface area contributed by atoms with Crippen LogP contribution >= 0.6 is 0 Å². The Bertz CT molecular complexity index is 344. The quantitative estimate of drug-likeness (QED) is 0.350. The van der Waals surface area contributed by atoms with Crippen LogP contribution in [0.5, 0.6) is 0 Å². The van der Waals surface area contributed by atoms with E-state index in [1.807, 2.05) is 0 Å². The maximum Gasteiger partial charge on any atom is 0.407 e. The first kappa shape index (κ1) is 16.1. The summed E-state index contributed by atoms with van der Waals surface area (Å²) in [5.41, 5.74) is 7.58. The van der Waals surface area contributed by atoms with E-state index in [0.29, 0.717) is 0 Å². The summed E-state index contributed by atoms with van der Waals surface area (Å²) in [6.07, 6.45) is -0.765. The number of alkyl carbamates (subject to hydrolysis) is 1. The highest BCUT2D eigenvalue weighted by molar-refractivity contribution is 5.72. The molecule has 0 fully saturated rings. The van der Waals surface area contributed by atoms with Crippen LogP contribution in [0.4, 0.5) is 4.79 Å². The minimum atomic E-state index is -0.676. The van der Waals surface area contributed by atoms with E-state index in [4.69, 9.17) is 10.3 Å². The molecule has 0 aromatic carbocycles. The number of carbonyl (C=O) groups is 2. The van der Waals surface area contributed by atoms with Gasteiger partial charge in [0.05, 0.1) is 13.5 Å². The number of azide groups is 1. The third-order valence-corrected chi connectivity index (χ3v) is 1.73. The molecule has 0 radical (unpaired) electrons. The fourth-order valence-electron chi connectivity index (χ4n) is 1.06. The van der Waals surface area contributed by atoms with Gasteiger partial charge in [0.2, 0.25) is 0 Å². The topological polar surface area (TPSA) is 113 Å². The van der Waals surface area contributed by atoms with Gasteiger partial charge in [0.25, 0.3) is 0 Å². The Balaban J connectivity index is 4.43. The molecule has 0 spiro atoms. The zero-order valence-corrected chi connectivity index (χ0v) is 11.0. The molecular weight excluding hydrogens is 240 g/mol. The van der Waals surface area contributed by atoms with E-state index in [2.05, 4.69) is 20.1 Å². The molecule has 0 aromatic heterocycles. The molecule has 0 aliphatic heterocycles. The van der Waals surface area contributed by atoms with Crippen LogP contribution in [-0.2, 0) is 14.3 Å². The number of hydrogen-bond donors (Lipinski definition) is 1. The minimum absolute atomic E-state index is 0.0508.